The van der Waals surface area contributed by atoms with Crippen molar-refractivity contribution in [2.45, 2.75) is 33.2 Å². The Kier molecular flexibility index (Phi) is 11.7. The van der Waals surface area contributed by atoms with Crippen LogP contribution in [0.25, 0.3) is 0 Å². The Bertz CT molecular complexity index is 577. The van der Waals surface area contributed by atoms with E-state index in [1.807, 2.05) is 6.07 Å². The third kappa shape index (κ3) is 8.23. The van der Waals surface area contributed by atoms with Gasteiger partial charge in [0.2, 0.25) is 0 Å². The molecule has 0 saturated carbocycles. The van der Waals surface area contributed by atoms with Gasteiger partial charge in [0.15, 0.2) is 5.96 Å². The summed E-state index contributed by atoms with van der Waals surface area (Å²) >= 11 is 0. The summed E-state index contributed by atoms with van der Waals surface area (Å²) in [7, 11) is 1.72. The van der Waals surface area contributed by atoms with Crippen molar-refractivity contribution in [2.75, 3.05) is 53.0 Å². The van der Waals surface area contributed by atoms with Crippen LogP contribution in [0.2, 0.25) is 0 Å². The molecule has 1 fully saturated rings. The number of hydrogen-bond acceptors (Lipinski definition) is 4. The van der Waals surface area contributed by atoms with Crippen LogP contribution in [-0.4, -0.2) is 69.9 Å². The maximum absolute atomic E-state index is 5.46. The van der Waals surface area contributed by atoms with Gasteiger partial charge >= 0.3 is 0 Å². The monoisotopic (exact) mass is 490 g/mol. The molecular weight excluding hydrogens is 455 g/mol. The molecule has 1 saturated heterocycles. The number of benzene rings is 1. The molecule has 2 rings (SSSR count). The van der Waals surface area contributed by atoms with Gasteiger partial charge in [-0.25, -0.2) is 0 Å². The molecule has 1 atom stereocenters. The number of morpholine rings is 1. The number of nitrogens with one attached hydrogen (secondary N) is 2. The average molecular weight is 490 g/mol. The molecule has 1 aliphatic rings. The van der Waals surface area contributed by atoms with Crippen LogP contribution in [0.15, 0.2) is 23.2 Å². The summed E-state index contributed by atoms with van der Waals surface area (Å²) in [6.45, 7) is 12.5. The lowest BCUT2D eigenvalue weighted by atomic mass is 10.1. The zero-order valence-corrected chi connectivity index (χ0v) is 19.4. The van der Waals surface area contributed by atoms with Crippen LogP contribution in [0, 0.1) is 6.92 Å². The molecule has 0 aliphatic carbocycles. The SMILES string of the molecule is CCNC(=NCC(C)N1CCOCC1)NCCc1cc(C)ccc1OC.I. The second-order valence-corrected chi connectivity index (χ2v) is 6.71. The number of aliphatic imine (C=N–C) groups is 1. The lowest BCUT2D eigenvalue weighted by Gasteiger charge is -2.31. The van der Waals surface area contributed by atoms with E-state index in [4.69, 9.17) is 14.5 Å². The van der Waals surface area contributed by atoms with E-state index in [0.29, 0.717) is 6.04 Å². The predicted octanol–water partition coefficient (Wildman–Crippen LogP) is 2.44. The highest BCUT2D eigenvalue weighted by Gasteiger charge is 2.16. The summed E-state index contributed by atoms with van der Waals surface area (Å²) < 4.78 is 10.9. The highest BCUT2D eigenvalue weighted by molar-refractivity contribution is 14.0. The Morgan fingerprint density at radius 3 is 2.70 bits per heavy atom. The van der Waals surface area contributed by atoms with Gasteiger partial charge in [0.05, 0.1) is 26.9 Å². The van der Waals surface area contributed by atoms with Gasteiger partial charge in [-0.15, -0.1) is 24.0 Å². The first-order chi connectivity index (χ1) is 12.6. The fourth-order valence-corrected chi connectivity index (χ4v) is 3.12. The van der Waals surface area contributed by atoms with Crippen LogP contribution in [0.1, 0.15) is 25.0 Å². The minimum Gasteiger partial charge on any atom is -0.496 e. The standard InChI is InChI=1S/C20H34N4O2.HI/c1-5-21-20(23-15-17(3)24-10-12-26-13-11-24)22-9-8-18-14-16(2)6-7-19(18)25-4;/h6-7,14,17H,5,8-13,15H2,1-4H3,(H2,21,22,23);1H. The van der Waals surface area contributed by atoms with Crippen molar-refractivity contribution in [1.82, 2.24) is 15.5 Å². The fraction of sp³-hybridized carbons (Fsp3) is 0.650. The number of ether oxygens (including phenoxy) is 2. The number of methoxy groups -OCH3 is 1. The zero-order chi connectivity index (χ0) is 18.8. The molecule has 0 amide bonds. The molecule has 7 heteroatoms. The zero-order valence-electron chi connectivity index (χ0n) is 17.1. The second kappa shape index (κ2) is 13.2. The van der Waals surface area contributed by atoms with Gasteiger partial charge in [0, 0.05) is 32.2 Å². The molecule has 154 valence electrons. The number of guanidine groups is 1. The Balaban J connectivity index is 0.00000364. The third-order valence-corrected chi connectivity index (χ3v) is 4.65. The van der Waals surface area contributed by atoms with Crippen LogP contribution in [-0.2, 0) is 11.2 Å². The highest BCUT2D eigenvalue weighted by atomic mass is 127. The molecule has 0 bridgehead atoms. The molecule has 2 N–H and O–H groups in total. The molecule has 1 aliphatic heterocycles. The van der Waals surface area contributed by atoms with Crippen molar-refractivity contribution in [2.24, 2.45) is 4.99 Å². The Morgan fingerprint density at radius 2 is 2.04 bits per heavy atom. The fourth-order valence-electron chi connectivity index (χ4n) is 3.12. The Morgan fingerprint density at radius 1 is 1.30 bits per heavy atom. The molecule has 27 heavy (non-hydrogen) atoms. The molecule has 0 aromatic heterocycles. The van der Waals surface area contributed by atoms with E-state index in [0.717, 1.165) is 64.1 Å². The minimum absolute atomic E-state index is 0. The Labute approximate surface area is 181 Å². The first-order valence-electron chi connectivity index (χ1n) is 9.61. The molecule has 6 nitrogen and oxygen atoms in total. The smallest absolute Gasteiger partial charge is 0.191 e. The van der Waals surface area contributed by atoms with Crippen molar-refractivity contribution in [1.29, 1.82) is 0 Å². The van der Waals surface area contributed by atoms with E-state index in [-0.39, 0.29) is 24.0 Å². The van der Waals surface area contributed by atoms with Gasteiger partial charge < -0.3 is 20.1 Å². The molecular formula is C20H35IN4O2. The average Bonchev–Trinajstić information content (AvgIpc) is 2.66. The van der Waals surface area contributed by atoms with Crippen LogP contribution < -0.4 is 15.4 Å². The van der Waals surface area contributed by atoms with Gasteiger partial charge in [-0.1, -0.05) is 17.7 Å². The van der Waals surface area contributed by atoms with Crippen LogP contribution >= 0.6 is 24.0 Å². The molecule has 0 radical (unpaired) electrons. The molecule has 1 unspecified atom stereocenters. The molecule has 1 heterocycles. The van der Waals surface area contributed by atoms with Crippen LogP contribution in [0.3, 0.4) is 0 Å². The quantitative estimate of drug-likeness (QED) is 0.333. The minimum atomic E-state index is 0. The van der Waals surface area contributed by atoms with E-state index >= 15 is 0 Å². The second-order valence-electron chi connectivity index (χ2n) is 6.71. The summed E-state index contributed by atoms with van der Waals surface area (Å²) in [5.41, 5.74) is 2.47. The van der Waals surface area contributed by atoms with Crippen molar-refractivity contribution in [3.8, 4) is 5.75 Å². The van der Waals surface area contributed by atoms with Crippen molar-refractivity contribution in [3.63, 3.8) is 0 Å². The van der Waals surface area contributed by atoms with Gasteiger partial charge in [-0.2, -0.15) is 0 Å². The van der Waals surface area contributed by atoms with Gasteiger partial charge in [-0.05, 0) is 38.8 Å². The van der Waals surface area contributed by atoms with E-state index in [1.165, 1.54) is 11.1 Å². The Hall–Kier alpha value is -1.06. The van der Waals surface area contributed by atoms with Crippen molar-refractivity contribution in [3.05, 3.63) is 29.3 Å². The van der Waals surface area contributed by atoms with Gasteiger partial charge in [0.1, 0.15) is 5.75 Å². The maximum Gasteiger partial charge on any atom is 0.191 e. The largest absolute Gasteiger partial charge is 0.496 e. The lowest BCUT2D eigenvalue weighted by molar-refractivity contribution is 0.0220. The van der Waals surface area contributed by atoms with Crippen LogP contribution in [0.5, 0.6) is 5.75 Å². The highest BCUT2D eigenvalue weighted by Crippen LogP contribution is 2.19. The summed E-state index contributed by atoms with van der Waals surface area (Å²) in [5.74, 6) is 1.82. The number of halogens is 1. The maximum atomic E-state index is 5.46. The molecule has 0 spiro atoms. The third-order valence-electron chi connectivity index (χ3n) is 4.65. The number of hydrogen-bond donors (Lipinski definition) is 2. The molecule has 1 aromatic rings. The first kappa shape index (κ1) is 24.0. The van der Waals surface area contributed by atoms with Gasteiger partial charge in [-0.3, -0.25) is 9.89 Å². The summed E-state index contributed by atoms with van der Waals surface area (Å²) in [6.07, 6.45) is 0.897. The predicted molar refractivity (Wildman–Crippen MR) is 123 cm³/mol. The molecule has 1 aromatic carbocycles. The van der Waals surface area contributed by atoms with E-state index in [9.17, 15) is 0 Å². The lowest BCUT2D eigenvalue weighted by Crippen LogP contribution is -2.44. The van der Waals surface area contributed by atoms with E-state index in [2.05, 4.69) is 48.4 Å². The normalized spacial score (nSPS) is 16.4. The first-order valence-corrected chi connectivity index (χ1v) is 9.61. The van der Waals surface area contributed by atoms with Crippen LogP contribution in [0.4, 0.5) is 0 Å². The van der Waals surface area contributed by atoms with Crippen molar-refractivity contribution >= 4 is 29.9 Å². The van der Waals surface area contributed by atoms with Gasteiger partial charge in [0.25, 0.3) is 0 Å². The summed E-state index contributed by atoms with van der Waals surface area (Å²) in [5, 5.41) is 6.77. The van der Waals surface area contributed by atoms with E-state index in [1.54, 1.807) is 7.11 Å². The van der Waals surface area contributed by atoms with Crippen molar-refractivity contribution < 1.29 is 9.47 Å². The number of aryl methyl sites for hydroxylation is 1. The summed E-state index contributed by atoms with van der Waals surface area (Å²) in [4.78, 5) is 7.20. The number of rotatable bonds is 8. The summed E-state index contributed by atoms with van der Waals surface area (Å²) in [6, 6.07) is 6.72. The number of nitrogens with zero attached hydrogens (tertiary/aromatic N) is 2. The topological polar surface area (TPSA) is 58.1 Å². The van der Waals surface area contributed by atoms with E-state index < -0.39 is 0 Å².